The lowest BCUT2D eigenvalue weighted by atomic mass is 10.2. The summed E-state index contributed by atoms with van der Waals surface area (Å²) < 4.78 is 3.27. The van der Waals surface area contributed by atoms with E-state index in [0.717, 1.165) is 25.9 Å². The van der Waals surface area contributed by atoms with Gasteiger partial charge in [-0.25, -0.2) is 0 Å². The third-order valence-corrected chi connectivity index (χ3v) is 4.43. The molecule has 2 rings (SSSR count). The van der Waals surface area contributed by atoms with Crippen molar-refractivity contribution in [2.24, 2.45) is 0 Å². The van der Waals surface area contributed by atoms with Gasteiger partial charge in [0.2, 0.25) is 5.91 Å². The first kappa shape index (κ1) is 16.0. The van der Waals surface area contributed by atoms with Crippen molar-refractivity contribution in [3.8, 4) is 0 Å². The van der Waals surface area contributed by atoms with Gasteiger partial charge in [-0.15, -0.1) is 0 Å². The van der Waals surface area contributed by atoms with Crippen molar-refractivity contribution in [1.29, 1.82) is 0 Å². The van der Waals surface area contributed by atoms with Crippen molar-refractivity contribution in [2.45, 2.75) is 27.3 Å². The number of carbonyl (C=O) groups excluding carboxylic acids is 1. The monoisotopic (exact) mass is 414 g/mol. The fraction of sp³-hybridized carbons (Fsp3) is 0.286. The maximum Gasteiger partial charge on any atom is 0.246 e. The number of nitrogen functional groups attached to an aromatic ring is 1. The number of aryl methyl sites for hydroxylation is 2. The summed E-state index contributed by atoms with van der Waals surface area (Å²) in [6.45, 7) is 5.78. The van der Waals surface area contributed by atoms with Crippen molar-refractivity contribution in [1.82, 2.24) is 9.78 Å². The van der Waals surface area contributed by atoms with Gasteiger partial charge in [-0.1, -0.05) is 0 Å². The average molecular weight is 416 g/mol. The predicted octanol–water partition coefficient (Wildman–Crippen LogP) is 3.55. The summed E-state index contributed by atoms with van der Waals surface area (Å²) in [6, 6.07) is 3.89. The van der Waals surface area contributed by atoms with Gasteiger partial charge in [-0.2, -0.15) is 5.10 Å². The second kappa shape index (κ2) is 6.19. The lowest BCUT2D eigenvalue weighted by Crippen LogP contribution is -2.21. The highest BCUT2D eigenvalue weighted by molar-refractivity contribution is 9.11. The van der Waals surface area contributed by atoms with E-state index in [1.54, 1.807) is 4.68 Å². The first-order chi connectivity index (χ1) is 9.79. The molecule has 0 spiro atoms. The van der Waals surface area contributed by atoms with Crippen LogP contribution in [0.2, 0.25) is 0 Å². The fourth-order valence-corrected chi connectivity index (χ4v) is 3.61. The minimum Gasteiger partial charge on any atom is -0.396 e. The third kappa shape index (κ3) is 3.47. The minimum atomic E-state index is -0.161. The quantitative estimate of drug-likeness (QED) is 0.804. The van der Waals surface area contributed by atoms with Crippen molar-refractivity contribution in [3.63, 3.8) is 0 Å². The standard InChI is InChI=1S/C14H16Br2N4O/c1-7-4-10(15)14(11(16)5-7)18-12(21)6-20-9(3)13(17)8(2)19-20/h4-5H,6,17H2,1-3H3,(H,18,21). The molecule has 0 bridgehead atoms. The van der Waals surface area contributed by atoms with Gasteiger partial charge >= 0.3 is 0 Å². The molecule has 3 N–H and O–H groups in total. The van der Waals surface area contributed by atoms with Crippen LogP contribution in [-0.2, 0) is 11.3 Å². The van der Waals surface area contributed by atoms with Gasteiger partial charge in [0.15, 0.2) is 0 Å². The van der Waals surface area contributed by atoms with Gasteiger partial charge in [0.05, 0.1) is 22.8 Å². The summed E-state index contributed by atoms with van der Waals surface area (Å²) in [6.07, 6.45) is 0. The summed E-state index contributed by atoms with van der Waals surface area (Å²) in [5, 5.41) is 7.13. The number of anilines is 2. The number of carbonyl (C=O) groups is 1. The van der Waals surface area contributed by atoms with Gasteiger partial charge in [0, 0.05) is 8.95 Å². The molecule has 0 aliphatic rings. The SMILES string of the molecule is Cc1cc(Br)c(NC(=O)Cn2nc(C)c(N)c2C)c(Br)c1. The van der Waals surface area contributed by atoms with E-state index in [1.807, 2.05) is 32.9 Å². The highest BCUT2D eigenvalue weighted by Crippen LogP contribution is 2.32. The van der Waals surface area contributed by atoms with Crippen LogP contribution in [0, 0.1) is 20.8 Å². The number of nitrogens with one attached hydrogen (secondary N) is 1. The summed E-state index contributed by atoms with van der Waals surface area (Å²) in [4.78, 5) is 12.2. The van der Waals surface area contributed by atoms with Crippen LogP contribution in [0.4, 0.5) is 11.4 Å². The fourth-order valence-electron chi connectivity index (χ4n) is 2.00. The van der Waals surface area contributed by atoms with Crippen LogP contribution in [0.5, 0.6) is 0 Å². The largest absolute Gasteiger partial charge is 0.396 e. The lowest BCUT2D eigenvalue weighted by molar-refractivity contribution is -0.116. The van der Waals surface area contributed by atoms with E-state index < -0.39 is 0 Å². The summed E-state index contributed by atoms with van der Waals surface area (Å²) in [5.74, 6) is -0.161. The molecule has 1 aromatic carbocycles. The number of hydrogen-bond donors (Lipinski definition) is 2. The van der Waals surface area contributed by atoms with Crippen LogP contribution in [-0.4, -0.2) is 15.7 Å². The van der Waals surface area contributed by atoms with Crippen molar-refractivity contribution in [2.75, 3.05) is 11.1 Å². The Bertz CT molecular complexity index is 686. The highest BCUT2D eigenvalue weighted by atomic mass is 79.9. The predicted molar refractivity (Wildman–Crippen MR) is 91.3 cm³/mol. The van der Waals surface area contributed by atoms with Gasteiger partial charge in [-0.3, -0.25) is 9.48 Å². The molecule has 0 aliphatic heterocycles. The molecule has 0 aliphatic carbocycles. The molecule has 112 valence electrons. The van der Waals surface area contributed by atoms with Gasteiger partial charge in [0.1, 0.15) is 6.54 Å². The normalized spacial score (nSPS) is 10.7. The topological polar surface area (TPSA) is 72.9 Å². The number of hydrogen-bond acceptors (Lipinski definition) is 3. The second-order valence-corrected chi connectivity index (χ2v) is 6.60. The van der Waals surface area contributed by atoms with E-state index in [0.29, 0.717) is 11.4 Å². The van der Waals surface area contributed by atoms with E-state index in [-0.39, 0.29) is 12.5 Å². The second-order valence-electron chi connectivity index (χ2n) is 4.89. The Kier molecular flexibility index (Phi) is 4.73. The van der Waals surface area contributed by atoms with Crippen LogP contribution >= 0.6 is 31.9 Å². The van der Waals surface area contributed by atoms with Gasteiger partial charge in [-0.05, 0) is 70.3 Å². The minimum absolute atomic E-state index is 0.122. The molecular formula is C14H16Br2N4O. The highest BCUT2D eigenvalue weighted by Gasteiger charge is 2.14. The number of halogens is 2. The smallest absolute Gasteiger partial charge is 0.246 e. The Labute approximate surface area is 140 Å². The molecule has 0 radical (unpaired) electrons. The molecule has 0 fully saturated rings. The van der Waals surface area contributed by atoms with E-state index in [9.17, 15) is 4.79 Å². The van der Waals surface area contributed by atoms with Crippen LogP contribution in [0.3, 0.4) is 0 Å². The first-order valence-corrected chi connectivity index (χ1v) is 7.93. The van der Waals surface area contributed by atoms with Crippen molar-refractivity contribution in [3.05, 3.63) is 38.0 Å². The van der Waals surface area contributed by atoms with Gasteiger partial charge < -0.3 is 11.1 Å². The molecule has 21 heavy (non-hydrogen) atoms. The Morgan fingerprint density at radius 3 is 2.33 bits per heavy atom. The van der Waals surface area contributed by atoms with Crippen LogP contribution in [0.1, 0.15) is 17.0 Å². The third-order valence-electron chi connectivity index (χ3n) is 3.18. The molecular weight excluding hydrogens is 400 g/mol. The Morgan fingerprint density at radius 2 is 1.86 bits per heavy atom. The Hall–Kier alpha value is -1.34. The molecule has 1 heterocycles. The van der Waals surface area contributed by atoms with E-state index >= 15 is 0 Å². The molecule has 1 aromatic heterocycles. The summed E-state index contributed by atoms with van der Waals surface area (Å²) >= 11 is 6.91. The molecule has 2 aromatic rings. The molecule has 0 saturated heterocycles. The number of nitrogens with zero attached hydrogens (tertiary/aromatic N) is 2. The summed E-state index contributed by atoms with van der Waals surface area (Å²) in [7, 11) is 0. The molecule has 7 heteroatoms. The molecule has 1 amide bonds. The Balaban J connectivity index is 2.17. The molecule has 0 saturated carbocycles. The lowest BCUT2D eigenvalue weighted by Gasteiger charge is -2.11. The van der Waals surface area contributed by atoms with Crippen LogP contribution < -0.4 is 11.1 Å². The van der Waals surface area contributed by atoms with Crippen molar-refractivity contribution < 1.29 is 4.79 Å². The number of rotatable bonds is 3. The zero-order chi connectivity index (χ0) is 15.7. The molecule has 0 unspecified atom stereocenters. The maximum atomic E-state index is 12.2. The average Bonchev–Trinajstić information content (AvgIpc) is 2.61. The zero-order valence-electron chi connectivity index (χ0n) is 12.0. The van der Waals surface area contributed by atoms with E-state index in [4.69, 9.17) is 5.73 Å². The van der Waals surface area contributed by atoms with E-state index in [1.165, 1.54) is 0 Å². The number of benzene rings is 1. The number of amides is 1. The number of nitrogens with two attached hydrogens (primary N) is 1. The summed E-state index contributed by atoms with van der Waals surface area (Å²) in [5.41, 5.74) is 9.83. The van der Waals surface area contributed by atoms with Crippen LogP contribution in [0.25, 0.3) is 0 Å². The maximum absolute atomic E-state index is 12.2. The first-order valence-electron chi connectivity index (χ1n) is 6.34. The molecule has 0 atom stereocenters. The Morgan fingerprint density at radius 1 is 1.29 bits per heavy atom. The van der Waals surface area contributed by atoms with E-state index in [2.05, 4.69) is 42.3 Å². The van der Waals surface area contributed by atoms with Gasteiger partial charge in [0.25, 0.3) is 0 Å². The number of aromatic nitrogens is 2. The van der Waals surface area contributed by atoms with Crippen molar-refractivity contribution >= 4 is 49.1 Å². The zero-order valence-corrected chi connectivity index (χ0v) is 15.2. The molecule has 5 nitrogen and oxygen atoms in total. The van der Waals surface area contributed by atoms with Crippen LogP contribution in [0.15, 0.2) is 21.1 Å².